The molecule has 0 bridgehead atoms. The van der Waals surface area contributed by atoms with E-state index in [0.717, 1.165) is 30.8 Å². The van der Waals surface area contributed by atoms with E-state index in [-0.39, 0.29) is 29.4 Å². The van der Waals surface area contributed by atoms with Gasteiger partial charge in [-0.2, -0.15) is 0 Å². The third kappa shape index (κ3) is 3.81. The molecule has 1 aromatic carbocycles. The first-order valence-corrected chi connectivity index (χ1v) is 11.2. The number of Topliss-reactive ketones (excluding diaryl/α,β-unsaturated/α-hetero) is 1. The molecule has 4 rings (SSSR count). The highest BCUT2D eigenvalue weighted by atomic mass is 16.5. The van der Waals surface area contributed by atoms with Crippen LogP contribution in [0.25, 0.3) is 0 Å². The highest BCUT2D eigenvalue weighted by Crippen LogP contribution is 2.57. The van der Waals surface area contributed by atoms with Crippen LogP contribution in [0.3, 0.4) is 0 Å². The topological polar surface area (TPSA) is 65.1 Å². The van der Waals surface area contributed by atoms with Gasteiger partial charge in [-0.05, 0) is 60.9 Å². The van der Waals surface area contributed by atoms with Gasteiger partial charge in [0.15, 0.2) is 0 Å². The minimum absolute atomic E-state index is 0.0135. The van der Waals surface area contributed by atoms with Crippen molar-refractivity contribution in [3.05, 3.63) is 35.9 Å². The largest absolute Gasteiger partial charge is 0.497 e. The second kappa shape index (κ2) is 8.56. The van der Waals surface area contributed by atoms with Crippen LogP contribution in [0, 0.1) is 23.2 Å². The van der Waals surface area contributed by atoms with E-state index in [1.165, 1.54) is 12.7 Å². The van der Waals surface area contributed by atoms with Crippen LogP contribution in [0.15, 0.2) is 35.9 Å². The van der Waals surface area contributed by atoms with Crippen LogP contribution in [0.1, 0.15) is 39.5 Å². The summed E-state index contributed by atoms with van der Waals surface area (Å²) in [6.07, 6.45) is 4.98. The highest BCUT2D eigenvalue weighted by molar-refractivity contribution is 5.84. The predicted octanol–water partition coefficient (Wildman–Crippen LogP) is 4.48. The molecule has 168 valence electrons. The molecule has 1 amide bonds. The first-order chi connectivity index (χ1) is 14.9. The van der Waals surface area contributed by atoms with E-state index in [1.54, 1.807) is 7.11 Å². The van der Waals surface area contributed by atoms with E-state index in [2.05, 4.69) is 19.9 Å². The molecule has 31 heavy (non-hydrogen) atoms. The van der Waals surface area contributed by atoms with Crippen LogP contribution in [-0.2, 0) is 9.53 Å². The first-order valence-electron chi connectivity index (χ1n) is 11.2. The summed E-state index contributed by atoms with van der Waals surface area (Å²) >= 11 is 0. The van der Waals surface area contributed by atoms with Crippen LogP contribution in [0.5, 0.6) is 11.5 Å². The lowest BCUT2D eigenvalue weighted by atomic mass is 9.57. The number of methoxy groups -OCH3 is 2. The molecule has 1 aliphatic heterocycles. The van der Waals surface area contributed by atoms with E-state index < -0.39 is 0 Å². The number of carbonyl (C=O) groups is 2. The van der Waals surface area contributed by atoms with Crippen LogP contribution < -0.4 is 9.47 Å². The Hall–Kier alpha value is -2.50. The standard InChI is InChI=1S/C25H33NO5/c1-16(15-31-20-10-8-19(29-3)9-11-20)17-12-21-22(27)7-5-6-18-14-26(24(28)30-4)23(13-17)25(18,21)2/h6,8-11,16-17,21,23H,5,7,12-15H2,1-4H3/t16-,17-,21-,23-,25+/m1/s1. The maximum atomic E-state index is 13.1. The van der Waals surface area contributed by atoms with Gasteiger partial charge in [0.2, 0.25) is 0 Å². The number of hydrogen-bond acceptors (Lipinski definition) is 5. The summed E-state index contributed by atoms with van der Waals surface area (Å²) in [5, 5.41) is 0. The molecule has 2 fully saturated rings. The summed E-state index contributed by atoms with van der Waals surface area (Å²) in [6, 6.07) is 7.57. The van der Waals surface area contributed by atoms with Gasteiger partial charge in [-0.1, -0.05) is 19.9 Å². The summed E-state index contributed by atoms with van der Waals surface area (Å²) in [6.45, 7) is 5.52. The number of hydrogen-bond donors (Lipinski definition) is 0. The summed E-state index contributed by atoms with van der Waals surface area (Å²) in [7, 11) is 3.08. The molecule has 2 aliphatic carbocycles. The molecular weight excluding hydrogens is 394 g/mol. The quantitative estimate of drug-likeness (QED) is 0.648. The molecule has 3 aliphatic rings. The third-order valence-corrected chi connectivity index (χ3v) is 7.85. The number of amides is 1. The van der Waals surface area contributed by atoms with E-state index >= 15 is 0 Å². The van der Waals surface area contributed by atoms with Crippen molar-refractivity contribution in [2.24, 2.45) is 23.2 Å². The molecule has 0 radical (unpaired) electrons. The van der Waals surface area contributed by atoms with Crippen LogP contribution in [0.4, 0.5) is 4.79 Å². The molecule has 6 heteroatoms. The van der Waals surface area contributed by atoms with Crippen molar-refractivity contribution in [1.82, 2.24) is 4.90 Å². The lowest BCUT2D eigenvalue weighted by Gasteiger charge is -2.48. The smallest absolute Gasteiger partial charge is 0.410 e. The average molecular weight is 428 g/mol. The van der Waals surface area contributed by atoms with Crippen LogP contribution in [0.2, 0.25) is 0 Å². The number of likely N-dealkylation sites (tertiary alicyclic amines) is 1. The fourth-order valence-corrected chi connectivity index (χ4v) is 5.88. The lowest BCUT2D eigenvalue weighted by Crippen LogP contribution is -2.52. The Kier molecular flexibility index (Phi) is 6.00. The second-order valence-electron chi connectivity index (χ2n) is 9.38. The van der Waals surface area contributed by atoms with Gasteiger partial charge < -0.3 is 19.1 Å². The number of allylic oxidation sites excluding steroid dienone is 1. The van der Waals surface area contributed by atoms with Gasteiger partial charge in [-0.15, -0.1) is 0 Å². The monoisotopic (exact) mass is 427 g/mol. The van der Waals surface area contributed by atoms with Crippen molar-refractivity contribution in [1.29, 1.82) is 0 Å². The third-order valence-electron chi connectivity index (χ3n) is 7.85. The molecule has 1 heterocycles. The van der Waals surface area contributed by atoms with Crippen molar-refractivity contribution in [2.75, 3.05) is 27.4 Å². The predicted molar refractivity (Wildman–Crippen MR) is 117 cm³/mol. The van der Waals surface area contributed by atoms with Crippen LogP contribution in [-0.4, -0.2) is 50.2 Å². The van der Waals surface area contributed by atoms with Gasteiger partial charge in [-0.25, -0.2) is 4.79 Å². The molecular formula is C25H33NO5. The van der Waals surface area contributed by atoms with Gasteiger partial charge in [-0.3, -0.25) is 4.79 Å². The number of benzene rings is 1. The average Bonchev–Trinajstić information content (AvgIpc) is 3.01. The van der Waals surface area contributed by atoms with E-state index in [0.29, 0.717) is 31.3 Å². The molecule has 1 saturated heterocycles. The molecule has 5 atom stereocenters. The molecule has 1 saturated carbocycles. The minimum atomic E-state index is -0.297. The number of rotatable bonds is 5. The van der Waals surface area contributed by atoms with Crippen molar-refractivity contribution < 1.29 is 23.8 Å². The molecule has 0 N–H and O–H groups in total. The van der Waals surface area contributed by atoms with Gasteiger partial charge in [0.1, 0.15) is 17.3 Å². The fourth-order valence-electron chi connectivity index (χ4n) is 5.88. The Bertz CT molecular complexity index is 863. The van der Waals surface area contributed by atoms with Crippen LogP contribution >= 0.6 is 0 Å². The first kappa shape index (κ1) is 21.7. The fraction of sp³-hybridized carbons (Fsp3) is 0.600. The molecule has 0 aromatic heterocycles. The second-order valence-corrected chi connectivity index (χ2v) is 9.38. The Morgan fingerprint density at radius 1 is 1.19 bits per heavy atom. The number of carbonyl (C=O) groups excluding carboxylic acids is 2. The Morgan fingerprint density at radius 2 is 1.90 bits per heavy atom. The summed E-state index contributed by atoms with van der Waals surface area (Å²) in [5.41, 5.74) is 0.953. The molecule has 0 unspecified atom stereocenters. The summed E-state index contributed by atoms with van der Waals surface area (Å²) in [4.78, 5) is 27.5. The normalized spacial score (nSPS) is 30.7. The van der Waals surface area contributed by atoms with E-state index in [4.69, 9.17) is 14.2 Å². The van der Waals surface area contributed by atoms with Gasteiger partial charge >= 0.3 is 6.09 Å². The number of nitrogens with zero attached hydrogens (tertiary/aromatic N) is 1. The van der Waals surface area contributed by atoms with Crippen molar-refractivity contribution in [3.8, 4) is 11.5 Å². The SMILES string of the molecule is COC(=O)N1CC2=CCCC(=O)[C@H]3C[C@@H]([C@H](C)COc4ccc(OC)cc4)C[C@@H]1[C@@]23C. The zero-order valence-corrected chi connectivity index (χ0v) is 18.9. The number of ether oxygens (including phenoxy) is 3. The van der Waals surface area contributed by atoms with Crippen molar-refractivity contribution >= 4 is 11.9 Å². The van der Waals surface area contributed by atoms with E-state index in [1.807, 2.05) is 29.2 Å². The van der Waals surface area contributed by atoms with Gasteiger partial charge in [0.05, 0.1) is 20.8 Å². The summed E-state index contributed by atoms with van der Waals surface area (Å²) in [5.74, 6) is 2.44. The van der Waals surface area contributed by atoms with Crippen molar-refractivity contribution in [3.63, 3.8) is 0 Å². The molecule has 1 aromatic rings. The van der Waals surface area contributed by atoms with Gasteiger partial charge in [0, 0.05) is 30.3 Å². The van der Waals surface area contributed by atoms with Gasteiger partial charge in [0.25, 0.3) is 0 Å². The lowest BCUT2D eigenvalue weighted by molar-refractivity contribution is -0.129. The molecule has 0 spiro atoms. The zero-order valence-electron chi connectivity index (χ0n) is 18.9. The maximum absolute atomic E-state index is 13.1. The molecule has 6 nitrogen and oxygen atoms in total. The van der Waals surface area contributed by atoms with Crippen molar-refractivity contribution in [2.45, 2.75) is 45.6 Å². The number of ketones is 1. The maximum Gasteiger partial charge on any atom is 0.410 e. The Morgan fingerprint density at radius 3 is 2.58 bits per heavy atom. The summed E-state index contributed by atoms with van der Waals surface area (Å²) < 4.78 is 16.3. The highest BCUT2D eigenvalue weighted by Gasteiger charge is 2.59. The zero-order chi connectivity index (χ0) is 22.2. The van der Waals surface area contributed by atoms with E-state index in [9.17, 15) is 9.59 Å². The Balaban J connectivity index is 1.53. The Labute approximate surface area is 184 Å². The minimum Gasteiger partial charge on any atom is -0.497 e.